The molecule has 0 saturated heterocycles. The minimum absolute atomic E-state index is 0.437. The summed E-state index contributed by atoms with van der Waals surface area (Å²) >= 11 is 5.22. The maximum Gasteiger partial charge on any atom is 0.367 e. The second-order valence-electron chi connectivity index (χ2n) is 4.80. The van der Waals surface area contributed by atoms with Gasteiger partial charge in [0.1, 0.15) is 0 Å². The van der Waals surface area contributed by atoms with E-state index >= 15 is 0 Å². The van der Waals surface area contributed by atoms with Crippen molar-refractivity contribution in [1.29, 1.82) is 0 Å². The molecule has 2 aliphatic rings. The van der Waals surface area contributed by atoms with Crippen molar-refractivity contribution < 1.29 is 14.7 Å². The van der Waals surface area contributed by atoms with Crippen molar-refractivity contribution in [3.63, 3.8) is 0 Å². The van der Waals surface area contributed by atoms with Crippen LogP contribution in [0.4, 0.5) is 9.59 Å². The maximum atomic E-state index is 12.5. The second kappa shape index (κ2) is 5.95. The molecule has 2 aliphatic carbocycles. The number of allylic oxidation sites excluding steroid dienone is 4. The van der Waals surface area contributed by atoms with Gasteiger partial charge in [-0.25, -0.2) is 4.79 Å². The van der Waals surface area contributed by atoms with Gasteiger partial charge in [0.05, 0.1) is 0 Å². The topological polar surface area (TPSA) is 106 Å². The molecule has 112 valence electrons. The molecule has 1 unspecified atom stereocenters. The van der Waals surface area contributed by atoms with Crippen molar-refractivity contribution in [2.45, 2.75) is 38.5 Å². The summed E-state index contributed by atoms with van der Waals surface area (Å²) in [5, 5.41) is 8.33. The monoisotopic (exact) mass is 334 g/mol. The fourth-order valence-corrected chi connectivity index (χ4v) is 6.79. The normalized spacial score (nSPS) is 23.9. The molecule has 0 radical (unpaired) electrons. The van der Waals surface area contributed by atoms with E-state index in [-0.39, 0.29) is 0 Å². The van der Waals surface area contributed by atoms with Crippen LogP contribution in [0.3, 0.4) is 0 Å². The first-order valence-corrected chi connectivity index (χ1v) is 9.83. The fraction of sp³-hybridized carbons (Fsp3) is 0.500. The van der Waals surface area contributed by atoms with Crippen LogP contribution in [-0.4, -0.2) is 14.9 Å². The molecule has 0 aromatic rings. The Balaban J connectivity index is 2.29. The van der Waals surface area contributed by atoms with Crippen molar-refractivity contribution in [2.75, 3.05) is 0 Å². The van der Waals surface area contributed by atoms with Crippen LogP contribution in [0, 0.1) is 0 Å². The number of carboxylic acid groups (broad SMARTS) is 1. The van der Waals surface area contributed by atoms with Gasteiger partial charge in [-0.2, -0.15) is 0 Å². The van der Waals surface area contributed by atoms with Crippen molar-refractivity contribution in [3.05, 3.63) is 21.2 Å². The highest BCUT2D eigenvalue weighted by Gasteiger charge is 2.44. The van der Waals surface area contributed by atoms with E-state index in [1.807, 2.05) is 0 Å². The highest BCUT2D eigenvalue weighted by atomic mass is 33.1. The van der Waals surface area contributed by atoms with E-state index in [4.69, 9.17) is 11.5 Å². The summed E-state index contributed by atoms with van der Waals surface area (Å²) in [6, 6.07) is 0. The molecule has 0 aliphatic heterocycles. The zero-order valence-corrected chi connectivity index (χ0v) is 13.5. The van der Waals surface area contributed by atoms with Crippen molar-refractivity contribution in [2.24, 2.45) is 11.5 Å². The third kappa shape index (κ3) is 2.68. The van der Waals surface area contributed by atoms with Gasteiger partial charge in [-0.1, -0.05) is 0 Å². The molecule has 0 saturated carbocycles. The molecule has 2 rings (SSSR count). The van der Waals surface area contributed by atoms with Gasteiger partial charge in [0, 0.05) is 21.2 Å². The van der Waals surface area contributed by atoms with Gasteiger partial charge in [0.25, 0.3) is 4.45 Å². The molecule has 5 nitrogen and oxygen atoms in total. The average Bonchev–Trinajstić information content (AvgIpc) is 2.98. The molecule has 0 fully saturated rings. The van der Waals surface area contributed by atoms with Gasteiger partial charge in [-0.15, -0.1) is 11.7 Å². The molecular formula is C12H18N2O3S3. The van der Waals surface area contributed by atoms with Gasteiger partial charge in [-0.05, 0) is 59.3 Å². The van der Waals surface area contributed by atoms with Crippen LogP contribution in [0.5, 0.6) is 0 Å². The number of carbonyl (C=O) groups excluding carboxylic acids is 1. The van der Waals surface area contributed by atoms with Crippen molar-refractivity contribution in [1.82, 2.24) is 0 Å². The highest BCUT2D eigenvalue weighted by Crippen LogP contribution is 2.67. The van der Waals surface area contributed by atoms with Crippen LogP contribution in [0.2, 0.25) is 0 Å². The molecule has 0 heterocycles. The molecule has 0 spiro atoms. The fourth-order valence-electron chi connectivity index (χ4n) is 2.37. The van der Waals surface area contributed by atoms with Crippen LogP contribution in [-0.2, 0) is 0 Å². The molecule has 8 heteroatoms. The second-order valence-corrected chi connectivity index (χ2v) is 10.1. The van der Waals surface area contributed by atoms with Crippen LogP contribution in [0.25, 0.3) is 0 Å². The van der Waals surface area contributed by atoms with E-state index in [0.29, 0.717) is 29.1 Å². The Labute approximate surface area is 128 Å². The van der Waals surface area contributed by atoms with Crippen LogP contribution >= 0.6 is 32.5 Å². The number of carbonyl (C=O) groups is 2. The smallest absolute Gasteiger partial charge is 0.367 e. The zero-order valence-electron chi connectivity index (χ0n) is 10.9. The standard InChI is InChI=1S/C12H18N2O3S3/c13-7-3-1-5-9(7)19-12(17)20(18,11(15)16)10-6-2-4-8(10)14/h18H,1-6,13-14H2,(H,15,16). The first-order chi connectivity index (χ1) is 9.37. The molecule has 20 heavy (non-hydrogen) atoms. The molecule has 0 aromatic heterocycles. The Morgan fingerprint density at radius 2 is 1.70 bits per heavy atom. The Bertz CT molecular complexity index is 530. The van der Waals surface area contributed by atoms with Crippen LogP contribution < -0.4 is 11.5 Å². The van der Waals surface area contributed by atoms with Crippen molar-refractivity contribution in [3.8, 4) is 0 Å². The summed E-state index contributed by atoms with van der Waals surface area (Å²) in [6.45, 7) is 0. The number of rotatable bonds is 2. The lowest BCUT2D eigenvalue weighted by Gasteiger charge is -2.29. The lowest BCUT2D eigenvalue weighted by molar-refractivity contribution is 0.221. The molecule has 1 atom stereocenters. The zero-order chi connectivity index (χ0) is 14.9. The van der Waals surface area contributed by atoms with Gasteiger partial charge >= 0.3 is 5.30 Å². The Morgan fingerprint density at radius 3 is 2.15 bits per heavy atom. The molecule has 0 aromatic carbocycles. The minimum atomic E-state index is -2.87. The van der Waals surface area contributed by atoms with E-state index < -0.39 is 18.8 Å². The molecule has 0 bridgehead atoms. The summed E-state index contributed by atoms with van der Waals surface area (Å²) in [6.07, 6.45) is 4.38. The largest absolute Gasteiger partial charge is 0.473 e. The Kier molecular flexibility index (Phi) is 4.66. The average molecular weight is 334 g/mol. The highest BCUT2D eigenvalue weighted by molar-refractivity contribution is 9.04. The first kappa shape index (κ1) is 15.7. The summed E-state index contributed by atoms with van der Waals surface area (Å²) in [4.78, 5) is 25.5. The predicted octanol–water partition coefficient (Wildman–Crippen LogP) is 3.88. The summed E-state index contributed by atoms with van der Waals surface area (Å²) < 4.78 is -0.437. The van der Waals surface area contributed by atoms with Crippen LogP contribution in [0.1, 0.15) is 38.5 Å². The summed E-state index contributed by atoms with van der Waals surface area (Å²) in [7, 11) is -2.87. The lowest BCUT2D eigenvalue weighted by Crippen LogP contribution is -2.15. The summed E-state index contributed by atoms with van der Waals surface area (Å²) in [5.74, 6) is 0. The van der Waals surface area contributed by atoms with E-state index in [2.05, 4.69) is 11.7 Å². The Hall–Kier alpha value is -0.730. The third-order valence-electron chi connectivity index (χ3n) is 3.47. The van der Waals surface area contributed by atoms with Gasteiger partial charge in [-0.3, -0.25) is 4.79 Å². The number of hydrogen-bond donors (Lipinski definition) is 4. The third-order valence-corrected chi connectivity index (χ3v) is 9.52. The Morgan fingerprint density at radius 1 is 1.10 bits per heavy atom. The number of thioether (sulfide) groups is 1. The molecule has 5 N–H and O–H groups in total. The van der Waals surface area contributed by atoms with E-state index in [0.717, 1.165) is 42.4 Å². The maximum absolute atomic E-state index is 12.5. The molecular weight excluding hydrogens is 316 g/mol. The number of thiol groups is 1. The van der Waals surface area contributed by atoms with E-state index in [9.17, 15) is 14.7 Å². The SMILES string of the molecule is NC1=C(SC(=O)S(S)(C(=O)O)C2=C(N)CCC2)CCC1. The van der Waals surface area contributed by atoms with Crippen molar-refractivity contribution >= 4 is 42.2 Å². The quantitative estimate of drug-likeness (QED) is 0.451. The lowest BCUT2D eigenvalue weighted by atomic mass is 10.3. The molecule has 0 amide bonds. The van der Waals surface area contributed by atoms with Crippen LogP contribution in [0.15, 0.2) is 21.2 Å². The van der Waals surface area contributed by atoms with Gasteiger partial charge in [0.15, 0.2) is 0 Å². The number of nitrogens with two attached hydrogens (primary N) is 2. The van der Waals surface area contributed by atoms with Gasteiger partial charge < -0.3 is 16.6 Å². The van der Waals surface area contributed by atoms with E-state index in [1.165, 1.54) is 0 Å². The van der Waals surface area contributed by atoms with E-state index in [1.54, 1.807) is 0 Å². The van der Waals surface area contributed by atoms with Gasteiger partial charge in [0.2, 0.25) is 0 Å². The minimum Gasteiger partial charge on any atom is -0.473 e. The number of hydrogen-bond acceptors (Lipinski definition) is 6. The summed E-state index contributed by atoms with van der Waals surface area (Å²) in [5.41, 5.74) is 12.9. The predicted molar refractivity (Wildman–Crippen MR) is 87.7 cm³/mol. The first-order valence-electron chi connectivity index (χ1n) is 6.33.